The van der Waals surface area contributed by atoms with E-state index in [1.165, 1.54) is 12.8 Å². The molecule has 1 aliphatic carbocycles. The van der Waals surface area contributed by atoms with Crippen molar-refractivity contribution in [1.29, 1.82) is 0 Å². The molecule has 0 heterocycles. The third-order valence-electron chi connectivity index (χ3n) is 1.90. The zero-order valence-corrected chi connectivity index (χ0v) is 7.21. The maximum Gasteiger partial charge on any atom is 0.145 e. The van der Waals surface area contributed by atoms with Gasteiger partial charge in [-0.25, -0.2) is 0 Å². The molecule has 66 valence electrons. The number of hydrogen-bond acceptors (Lipinski definition) is 2. The molecule has 1 aliphatic rings. The van der Waals surface area contributed by atoms with Gasteiger partial charge >= 0.3 is 0 Å². The second kappa shape index (κ2) is 5.79. The minimum Gasteiger partial charge on any atom is -0.358 e. The molecule has 2 heteroatoms. The Kier molecular flexibility index (Phi) is 4.48. The zero-order valence-electron chi connectivity index (χ0n) is 7.21. The number of carbonyl (C=O) groups is 1. The van der Waals surface area contributed by atoms with Crippen molar-refractivity contribution < 1.29 is 9.53 Å². The molecule has 1 atom stereocenters. The average molecular weight is 166 g/mol. The quantitative estimate of drug-likeness (QED) is 0.469. The van der Waals surface area contributed by atoms with E-state index in [2.05, 4.69) is 11.8 Å². The van der Waals surface area contributed by atoms with E-state index in [4.69, 9.17) is 4.74 Å². The highest BCUT2D eigenvalue weighted by molar-refractivity contribution is 5.50. The van der Waals surface area contributed by atoms with Crippen LogP contribution in [0.15, 0.2) is 0 Å². The smallest absolute Gasteiger partial charge is 0.145 e. The maximum atomic E-state index is 10.0. The van der Waals surface area contributed by atoms with Gasteiger partial charge in [0.15, 0.2) is 0 Å². The van der Waals surface area contributed by atoms with Crippen LogP contribution in [0.3, 0.4) is 0 Å². The van der Waals surface area contributed by atoms with Gasteiger partial charge in [0.1, 0.15) is 19.0 Å². The van der Waals surface area contributed by atoms with Crippen LogP contribution >= 0.6 is 0 Å². The fourth-order valence-corrected chi connectivity index (χ4v) is 1.26. The summed E-state index contributed by atoms with van der Waals surface area (Å²) in [7, 11) is 0. The summed E-state index contributed by atoms with van der Waals surface area (Å²) in [5.74, 6) is 6.08. The summed E-state index contributed by atoms with van der Waals surface area (Å²) in [6.07, 6.45) is 6.32. The molecule has 2 nitrogen and oxygen atoms in total. The van der Waals surface area contributed by atoms with E-state index < -0.39 is 0 Å². The van der Waals surface area contributed by atoms with E-state index in [1.54, 1.807) is 0 Å². The number of rotatable bonds is 3. The maximum absolute atomic E-state index is 10.0. The Labute approximate surface area is 73.3 Å². The van der Waals surface area contributed by atoms with Crippen molar-refractivity contribution in [2.45, 2.75) is 38.2 Å². The first-order valence-electron chi connectivity index (χ1n) is 4.47. The molecule has 0 N–H and O–H groups in total. The molecule has 0 bridgehead atoms. The standard InChI is InChI=1S/C10H14O2/c11-8-9-12-10-6-4-2-1-3-5-7-10/h8,10H,1-4,6,9H2. The molecular weight excluding hydrogens is 152 g/mol. The fraction of sp³-hybridized carbons (Fsp3) is 0.700. The Hall–Kier alpha value is -0.810. The third-order valence-corrected chi connectivity index (χ3v) is 1.90. The van der Waals surface area contributed by atoms with Crippen molar-refractivity contribution >= 4 is 6.29 Å². The SMILES string of the molecule is O=CCOC1C#CCCCCC1. The summed E-state index contributed by atoms with van der Waals surface area (Å²) in [5.41, 5.74) is 0. The molecule has 0 aromatic heterocycles. The van der Waals surface area contributed by atoms with E-state index in [1.807, 2.05) is 0 Å². The lowest BCUT2D eigenvalue weighted by molar-refractivity contribution is -0.112. The minimum atomic E-state index is -0.00417. The molecule has 0 saturated carbocycles. The first-order valence-corrected chi connectivity index (χ1v) is 4.47. The molecule has 1 unspecified atom stereocenters. The van der Waals surface area contributed by atoms with Crippen LogP contribution in [0.4, 0.5) is 0 Å². The molecule has 0 aliphatic heterocycles. The van der Waals surface area contributed by atoms with E-state index in [0.717, 1.165) is 25.5 Å². The second-order valence-electron chi connectivity index (χ2n) is 2.91. The van der Waals surface area contributed by atoms with Crippen LogP contribution in [-0.2, 0) is 9.53 Å². The Morgan fingerprint density at radius 3 is 3.17 bits per heavy atom. The molecule has 0 amide bonds. The van der Waals surface area contributed by atoms with Gasteiger partial charge in [0.05, 0.1) is 0 Å². The molecule has 0 radical (unpaired) electrons. The molecule has 1 rings (SSSR count). The van der Waals surface area contributed by atoms with Crippen LogP contribution in [0.2, 0.25) is 0 Å². The summed E-state index contributed by atoms with van der Waals surface area (Å²) in [6, 6.07) is 0. The lowest BCUT2D eigenvalue weighted by Gasteiger charge is -2.11. The molecule has 0 spiro atoms. The van der Waals surface area contributed by atoms with Gasteiger partial charge in [0.25, 0.3) is 0 Å². The van der Waals surface area contributed by atoms with Crippen LogP contribution < -0.4 is 0 Å². The highest BCUT2D eigenvalue weighted by atomic mass is 16.5. The van der Waals surface area contributed by atoms with Gasteiger partial charge in [-0.1, -0.05) is 12.3 Å². The Balaban J connectivity index is 2.32. The number of carbonyl (C=O) groups excluding carboxylic acids is 1. The van der Waals surface area contributed by atoms with Gasteiger partial charge in [0, 0.05) is 6.42 Å². The van der Waals surface area contributed by atoms with Crippen molar-refractivity contribution in [2.75, 3.05) is 6.61 Å². The normalized spacial score (nSPS) is 23.2. The second-order valence-corrected chi connectivity index (χ2v) is 2.91. The van der Waals surface area contributed by atoms with Gasteiger partial charge in [0.2, 0.25) is 0 Å². The summed E-state index contributed by atoms with van der Waals surface area (Å²) >= 11 is 0. The predicted molar refractivity (Wildman–Crippen MR) is 46.7 cm³/mol. The van der Waals surface area contributed by atoms with Crippen LogP contribution in [0.25, 0.3) is 0 Å². The highest BCUT2D eigenvalue weighted by Crippen LogP contribution is 2.10. The lowest BCUT2D eigenvalue weighted by atomic mass is 10.1. The zero-order chi connectivity index (χ0) is 8.65. The van der Waals surface area contributed by atoms with E-state index in [0.29, 0.717) is 0 Å². The fourth-order valence-electron chi connectivity index (χ4n) is 1.26. The predicted octanol–water partition coefficient (Wildman–Crippen LogP) is 1.54. The van der Waals surface area contributed by atoms with Crippen molar-refractivity contribution in [3.8, 4) is 11.8 Å². The van der Waals surface area contributed by atoms with Gasteiger partial charge < -0.3 is 9.53 Å². The molecule has 0 fully saturated rings. The first kappa shape index (κ1) is 9.28. The van der Waals surface area contributed by atoms with E-state index in [-0.39, 0.29) is 12.7 Å². The molecule has 0 aromatic rings. The third kappa shape index (κ3) is 3.54. The summed E-state index contributed by atoms with van der Waals surface area (Å²) in [5, 5.41) is 0. The lowest BCUT2D eigenvalue weighted by Crippen LogP contribution is -2.12. The van der Waals surface area contributed by atoms with Crippen molar-refractivity contribution in [3.05, 3.63) is 0 Å². The number of aldehydes is 1. The first-order chi connectivity index (χ1) is 5.93. The van der Waals surface area contributed by atoms with Crippen LogP contribution in [0.1, 0.15) is 32.1 Å². The van der Waals surface area contributed by atoms with Crippen LogP contribution in [0, 0.1) is 11.8 Å². The summed E-state index contributed by atoms with van der Waals surface area (Å²) in [4.78, 5) is 10.0. The van der Waals surface area contributed by atoms with E-state index >= 15 is 0 Å². The Morgan fingerprint density at radius 2 is 2.33 bits per heavy atom. The van der Waals surface area contributed by atoms with E-state index in [9.17, 15) is 4.79 Å². The summed E-state index contributed by atoms with van der Waals surface area (Å²) in [6.45, 7) is 0.180. The van der Waals surface area contributed by atoms with Gasteiger partial charge in [-0.15, -0.1) is 5.92 Å². The average Bonchev–Trinajstić information content (AvgIpc) is 2.02. The highest BCUT2D eigenvalue weighted by Gasteiger charge is 2.05. The molecule has 0 saturated heterocycles. The number of hydrogen-bond donors (Lipinski definition) is 0. The Bertz CT molecular complexity index is 188. The van der Waals surface area contributed by atoms with Crippen molar-refractivity contribution in [3.63, 3.8) is 0 Å². The molecular formula is C10H14O2. The molecule has 12 heavy (non-hydrogen) atoms. The Morgan fingerprint density at radius 1 is 1.42 bits per heavy atom. The topological polar surface area (TPSA) is 26.3 Å². The van der Waals surface area contributed by atoms with Crippen molar-refractivity contribution in [2.24, 2.45) is 0 Å². The van der Waals surface area contributed by atoms with Gasteiger partial charge in [-0.05, 0) is 19.3 Å². The number of ether oxygens (including phenoxy) is 1. The minimum absolute atomic E-state index is 0.00417. The largest absolute Gasteiger partial charge is 0.358 e. The van der Waals surface area contributed by atoms with Crippen molar-refractivity contribution in [1.82, 2.24) is 0 Å². The van der Waals surface area contributed by atoms with Crippen LogP contribution in [-0.4, -0.2) is 19.0 Å². The van der Waals surface area contributed by atoms with Crippen LogP contribution in [0.5, 0.6) is 0 Å². The molecule has 0 aromatic carbocycles. The summed E-state index contributed by atoms with van der Waals surface area (Å²) < 4.78 is 5.23. The van der Waals surface area contributed by atoms with Gasteiger partial charge in [-0.3, -0.25) is 0 Å². The van der Waals surface area contributed by atoms with Gasteiger partial charge in [-0.2, -0.15) is 0 Å². The monoisotopic (exact) mass is 166 g/mol.